The third-order valence-electron chi connectivity index (χ3n) is 5.16. The molecule has 5 nitrogen and oxygen atoms in total. The number of hydrogen-bond donors (Lipinski definition) is 1. The molecule has 0 saturated carbocycles. The molecular weight excluding hydrogens is 383 g/mol. The summed E-state index contributed by atoms with van der Waals surface area (Å²) < 4.78 is 19.8. The summed E-state index contributed by atoms with van der Waals surface area (Å²) in [5, 5.41) is 2.88. The van der Waals surface area contributed by atoms with E-state index in [0.29, 0.717) is 11.3 Å². The number of carbonyl (C=O) groups is 2. The number of aryl methyl sites for hydroxylation is 1. The van der Waals surface area contributed by atoms with Gasteiger partial charge in [0.25, 0.3) is 5.91 Å². The Labute approximate surface area is 178 Å². The van der Waals surface area contributed by atoms with Gasteiger partial charge in [-0.1, -0.05) is 44.2 Å². The van der Waals surface area contributed by atoms with E-state index in [1.807, 2.05) is 38.1 Å². The fourth-order valence-corrected chi connectivity index (χ4v) is 2.91. The molecular formula is C24H31FN2O3. The van der Waals surface area contributed by atoms with Crippen molar-refractivity contribution in [3.63, 3.8) is 0 Å². The molecule has 2 rings (SSSR count). The van der Waals surface area contributed by atoms with Crippen molar-refractivity contribution in [2.45, 2.75) is 59.2 Å². The molecule has 2 aromatic carbocycles. The van der Waals surface area contributed by atoms with Gasteiger partial charge in [0.1, 0.15) is 17.6 Å². The Kier molecular flexibility index (Phi) is 8.84. The molecule has 162 valence electrons. The molecule has 0 heterocycles. The standard InChI is InChI=1S/C24H31FN2O3/c1-5-17(3)26-24(29)18(4)27(15-20-9-7-8-10-22(20)25)23(28)16-30-21-13-11-19(6-2)12-14-21/h7-14,17-18H,5-6,15-16H2,1-4H3,(H,26,29)/t17-,18-/m0/s1. The number of ether oxygens (including phenoxy) is 1. The topological polar surface area (TPSA) is 58.6 Å². The minimum Gasteiger partial charge on any atom is -0.484 e. The molecule has 0 saturated heterocycles. The molecule has 0 unspecified atom stereocenters. The molecule has 0 aliphatic carbocycles. The predicted octanol–water partition coefficient (Wildman–Crippen LogP) is 4.10. The second kappa shape index (κ2) is 11.3. The Morgan fingerprint density at radius 3 is 2.33 bits per heavy atom. The monoisotopic (exact) mass is 414 g/mol. The number of nitrogens with zero attached hydrogens (tertiary/aromatic N) is 1. The first-order chi connectivity index (χ1) is 14.3. The van der Waals surface area contributed by atoms with Gasteiger partial charge in [0.15, 0.2) is 6.61 Å². The van der Waals surface area contributed by atoms with Gasteiger partial charge in [-0.3, -0.25) is 9.59 Å². The first-order valence-corrected chi connectivity index (χ1v) is 10.4. The van der Waals surface area contributed by atoms with E-state index in [-0.39, 0.29) is 31.0 Å². The van der Waals surface area contributed by atoms with E-state index in [9.17, 15) is 14.0 Å². The first-order valence-electron chi connectivity index (χ1n) is 10.4. The summed E-state index contributed by atoms with van der Waals surface area (Å²) >= 11 is 0. The minimum atomic E-state index is -0.767. The largest absolute Gasteiger partial charge is 0.484 e. The lowest BCUT2D eigenvalue weighted by Crippen LogP contribution is -2.50. The average Bonchev–Trinajstić information content (AvgIpc) is 2.76. The summed E-state index contributed by atoms with van der Waals surface area (Å²) in [7, 11) is 0. The Hall–Kier alpha value is -2.89. The van der Waals surface area contributed by atoms with Crippen LogP contribution in [-0.2, 0) is 22.6 Å². The van der Waals surface area contributed by atoms with Crippen molar-refractivity contribution in [1.29, 1.82) is 0 Å². The van der Waals surface area contributed by atoms with Gasteiger partial charge in [-0.25, -0.2) is 4.39 Å². The van der Waals surface area contributed by atoms with E-state index in [1.165, 1.54) is 16.5 Å². The van der Waals surface area contributed by atoms with Crippen molar-refractivity contribution in [3.8, 4) is 5.75 Å². The molecule has 0 fully saturated rings. The maximum absolute atomic E-state index is 14.2. The highest BCUT2D eigenvalue weighted by Gasteiger charge is 2.27. The number of rotatable bonds is 10. The van der Waals surface area contributed by atoms with Crippen LogP contribution in [0.1, 0.15) is 45.2 Å². The highest BCUT2D eigenvalue weighted by atomic mass is 19.1. The van der Waals surface area contributed by atoms with E-state index in [0.717, 1.165) is 12.8 Å². The Balaban J connectivity index is 2.14. The van der Waals surface area contributed by atoms with Gasteiger partial charge in [-0.05, 0) is 50.5 Å². The summed E-state index contributed by atoms with van der Waals surface area (Å²) in [6.45, 7) is 7.32. The number of benzene rings is 2. The maximum atomic E-state index is 14.2. The number of carbonyl (C=O) groups excluding carboxylic acids is 2. The van der Waals surface area contributed by atoms with Crippen LogP contribution in [0.3, 0.4) is 0 Å². The minimum absolute atomic E-state index is 0.0151. The van der Waals surface area contributed by atoms with Crippen LogP contribution in [-0.4, -0.2) is 35.4 Å². The van der Waals surface area contributed by atoms with Crippen molar-refractivity contribution in [1.82, 2.24) is 10.2 Å². The lowest BCUT2D eigenvalue weighted by atomic mass is 10.1. The van der Waals surface area contributed by atoms with Crippen molar-refractivity contribution >= 4 is 11.8 Å². The van der Waals surface area contributed by atoms with Gasteiger partial charge < -0.3 is 15.0 Å². The van der Waals surface area contributed by atoms with Crippen LogP contribution in [0.4, 0.5) is 4.39 Å². The van der Waals surface area contributed by atoms with Gasteiger partial charge in [0.2, 0.25) is 5.91 Å². The molecule has 2 aromatic rings. The van der Waals surface area contributed by atoms with E-state index < -0.39 is 11.9 Å². The van der Waals surface area contributed by atoms with Crippen LogP contribution in [0.15, 0.2) is 48.5 Å². The van der Waals surface area contributed by atoms with Crippen LogP contribution < -0.4 is 10.1 Å². The smallest absolute Gasteiger partial charge is 0.261 e. The highest BCUT2D eigenvalue weighted by Crippen LogP contribution is 2.16. The summed E-state index contributed by atoms with van der Waals surface area (Å²) in [5.41, 5.74) is 1.52. The SMILES string of the molecule is CCc1ccc(OCC(=O)N(Cc2ccccc2F)[C@@H](C)C(=O)N[C@@H](C)CC)cc1. The van der Waals surface area contributed by atoms with E-state index in [2.05, 4.69) is 12.2 Å². The van der Waals surface area contributed by atoms with E-state index >= 15 is 0 Å². The summed E-state index contributed by atoms with van der Waals surface area (Å²) in [5.74, 6) is -0.505. The van der Waals surface area contributed by atoms with Crippen LogP contribution in [0.2, 0.25) is 0 Å². The van der Waals surface area contributed by atoms with Crippen molar-refractivity contribution in [2.75, 3.05) is 6.61 Å². The average molecular weight is 415 g/mol. The third kappa shape index (κ3) is 6.58. The molecule has 0 aromatic heterocycles. The van der Waals surface area contributed by atoms with Gasteiger partial charge in [-0.2, -0.15) is 0 Å². The molecule has 0 spiro atoms. The van der Waals surface area contributed by atoms with Crippen molar-refractivity contribution < 1.29 is 18.7 Å². The number of halogens is 1. The molecule has 30 heavy (non-hydrogen) atoms. The second-order valence-electron chi connectivity index (χ2n) is 7.39. The van der Waals surface area contributed by atoms with Crippen LogP contribution >= 0.6 is 0 Å². The Bertz CT molecular complexity index is 839. The summed E-state index contributed by atoms with van der Waals surface area (Å²) in [6.07, 6.45) is 1.69. The number of hydrogen-bond acceptors (Lipinski definition) is 3. The van der Waals surface area contributed by atoms with Gasteiger partial charge in [0.05, 0.1) is 0 Å². The highest BCUT2D eigenvalue weighted by molar-refractivity contribution is 5.88. The van der Waals surface area contributed by atoms with Gasteiger partial charge in [0, 0.05) is 18.2 Å². The first kappa shape index (κ1) is 23.4. The van der Waals surface area contributed by atoms with Crippen LogP contribution in [0, 0.1) is 5.82 Å². The number of nitrogens with one attached hydrogen (secondary N) is 1. The summed E-state index contributed by atoms with van der Waals surface area (Å²) in [6, 6.07) is 13.0. The molecule has 1 N–H and O–H groups in total. The lowest BCUT2D eigenvalue weighted by Gasteiger charge is -2.29. The second-order valence-corrected chi connectivity index (χ2v) is 7.39. The Morgan fingerprint density at radius 2 is 1.73 bits per heavy atom. The molecule has 2 atom stereocenters. The maximum Gasteiger partial charge on any atom is 0.261 e. The zero-order valence-corrected chi connectivity index (χ0v) is 18.2. The Morgan fingerprint density at radius 1 is 1.07 bits per heavy atom. The molecule has 0 bridgehead atoms. The zero-order chi connectivity index (χ0) is 22.1. The zero-order valence-electron chi connectivity index (χ0n) is 18.2. The predicted molar refractivity (Wildman–Crippen MR) is 116 cm³/mol. The van der Waals surface area contributed by atoms with E-state index in [4.69, 9.17) is 4.74 Å². The quantitative estimate of drug-likeness (QED) is 0.637. The van der Waals surface area contributed by atoms with E-state index in [1.54, 1.807) is 25.1 Å². The molecule has 6 heteroatoms. The number of amides is 2. The van der Waals surface area contributed by atoms with Crippen LogP contribution in [0.5, 0.6) is 5.75 Å². The molecule has 2 amide bonds. The fraction of sp³-hybridized carbons (Fsp3) is 0.417. The normalized spacial score (nSPS) is 12.7. The third-order valence-corrected chi connectivity index (χ3v) is 5.16. The molecule has 0 aliphatic rings. The fourth-order valence-electron chi connectivity index (χ4n) is 2.91. The van der Waals surface area contributed by atoms with Crippen molar-refractivity contribution in [3.05, 3.63) is 65.5 Å². The summed E-state index contributed by atoms with van der Waals surface area (Å²) in [4.78, 5) is 27.0. The lowest BCUT2D eigenvalue weighted by molar-refractivity contribution is -0.142. The molecule has 0 aliphatic heterocycles. The van der Waals surface area contributed by atoms with Gasteiger partial charge >= 0.3 is 0 Å². The van der Waals surface area contributed by atoms with Gasteiger partial charge in [-0.15, -0.1) is 0 Å². The van der Waals surface area contributed by atoms with Crippen LogP contribution in [0.25, 0.3) is 0 Å². The van der Waals surface area contributed by atoms with Crippen molar-refractivity contribution in [2.24, 2.45) is 0 Å². The molecule has 0 radical (unpaired) electrons.